The van der Waals surface area contributed by atoms with Crippen molar-refractivity contribution in [3.8, 4) is 0 Å². The molecule has 0 aliphatic carbocycles. The van der Waals surface area contributed by atoms with Gasteiger partial charge in [0, 0.05) is 6.54 Å². The van der Waals surface area contributed by atoms with Crippen molar-refractivity contribution < 1.29 is 14.3 Å². The average Bonchev–Trinajstić information content (AvgIpc) is 2.86. The van der Waals surface area contributed by atoms with Crippen molar-refractivity contribution in [2.24, 2.45) is 0 Å². The highest BCUT2D eigenvalue weighted by Gasteiger charge is 2.38. The number of hydrogen-bond acceptors (Lipinski definition) is 3. The molecule has 1 aromatic rings. The summed E-state index contributed by atoms with van der Waals surface area (Å²) in [6, 6.07) is 10.1. The second-order valence-electron chi connectivity index (χ2n) is 7.23. The van der Waals surface area contributed by atoms with Crippen molar-refractivity contribution in [3.05, 3.63) is 42.0 Å². The minimum Gasteiger partial charge on any atom is -0.444 e. The number of likely N-dealkylation sites (tertiary alicyclic amines) is 1. The Labute approximate surface area is 139 Å². The number of amides is 1. The minimum absolute atomic E-state index is 0.260. The lowest BCUT2D eigenvalue weighted by Gasteiger charge is -2.27. The third-order valence-corrected chi connectivity index (χ3v) is 3.73. The predicted molar refractivity (Wildman–Crippen MR) is 92.3 cm³/mol. The fourth-order valence-corrected chi connectivity index (χ4v) is 2.53. The highest BCUT2D eigenvalue weighted by Crippen LogP contribution is 2.26. The monoisotopic (exact) mass is 317 g/mol. The van der Waals surface area contributed by atoms with Crippen molar-refractivity contribution in [1.82, 2.24) is 4.90 Å². The Balaban J connectivity index is 1.80. The zero-order valence-electron chi connectivity index (χ0n) is 14.5. The summed E-state index contributed by atoms with van der Waals surface area (Å²) in [5.41, 5.74) is 0.385. The average molecular weight is 317 g/mol. The molecule has 0 N–H and O–H groups in total. The Morgan fingerprint density at radius 3 is 2.65 bits per heavy atom. The number of nitrogens with zero attached hydrogens (tertiary/aromatic N) is 1. The maximum absolute atomic E-state index is 12.1. The standard InChI is InChI=1S/C19H27NO3/c1-18(2,3)23-17(21)20-13-12-19(4,15-20)22-14-8-11-16-9-6-5-7-10-16/h5-11H,12-15H2,1-4H3/b11-8+. The molecule has 4 heteroatoms. The summed E-state index contributed by atoms with van der Waals surface area (Å²) >= 11 is 0. The van der Waals surface area contributed by atoms with E-state index in [1.165, 1.54) is 0 Å². The highest BCUT2D eigenvalue weighted by molar-refractivity contribution is 5.68. The quantitative estimate of drug-likeness (QED) is 0.838. The van der Waals surface area contributed by atoms with Crippen LogP contribution < -0.4 is 0 Å². The first-order chi connectivity index (χ1) is 10.8. The van der Waals surface area contributed by atoms with Crippen LogP contribution in [-0.2, 0) is 9.47 Å². The third kappa shape index (κ3) is 5.71. The van der Waals surface area contributed by atoms with Gasteiger partial charge in [-0.05, 0) is 39.7 Å². The molecule has 126 valence electrons. The molecule has 23 heavy (non-hydrogen) atoms. The Morgan fingerprint density at radius 2 is 2.00 bits per heavy atom. The maximum Gasteiger partial charge on any atom is 0.410 e. The number of benzene rings is 1. The van der Waals surface area contributed by atoms with Gasteiger partial charge in [0.15, 0.2) is 0 Å². The van der Waals surface area contributed by atoms with Crippen LogP contribution in [0.3, 0.4) is 0 Å². The number of ether oxygens (including phenoxy) is 2. The minimum atomic E-state index is -0.463. The van der Waals surface area contributed by atoms with Gasteiger partial charge < -0.3 is 14.4 Å². The molecular formula is C19H27NO3. The van der Waals surface area contributed by atoms with E-state index >= 15 is 0 Å². The highest BCUT2D eigenvalue weighted by atomic mass is 16.6. The smallest absolute Gasteiger partial charge is 0.410 e. The van der Waals surface area contributed by atoms with Crippen molar-refractivity contribution in [3.63, 3.8) is 0 Å². The molecule has 0 aromatic heterocycles. The second kappa shape index (κ2) is 7.18. The van der Waals surface area contributed by atoms with E-state index in [9.17, 15) is 4.79 Å². The van der Waals surface area contributed by atoms with Crippen LogP contribution in [0, 0.1) is 0 Å². The van der Waals surface area contributed by atoms with Crippen molar-refractivity contribution in [2.45, 2.75) is 45.3 Å². The molecule has 1 saturated heterocycles. The molecule has 1 amide bonds. The molecule has 0 bridgehead atoms. The van der Waals surface area contributed by atoms with Crippen molar-refractivity contribution >= 4 is 12.2 Å². The SMILES string of the molecule is CC(C)(C)OC(=O)N1CCC(C)(OC/C=C/c2ccccc2)C1. The molecule has 1 aliphatic rings. The van der Waals surface area contributed by atoms with Crippen LogP contribution in [0.1, 0.15) is 39.7 Å². The van der Waals surface area contributed by atoms with E-state index in [1.54, 1.807) is 4.90 Å². The van der Waals surface area contributed by atoms with Crippen LogP contribution >= 0.6 is 0 Å². The van der Waals surface area contributed by atoms with E-state index in [0.29, 0.717) is 19.7 Å². The Kier molecular flexibility index (Phi) is 5.47. The molecule has 1 aliphatic heterocycles. The van der Waals surface area contributed by atoms with E-state index in [0.717, 1.165) is 12.0 Å². The van der Waals surface area contributed by atoms with Gasteiger partial charge in [-0.1, -0.05) is 42.5 Å². The molecule has 1 atom stereocenters. The topological polar surface area (TPSA) is 38.8 Å². The van der Waals surface area contributed by atoms with Crippen LogP contribution in [-0.4, -0.2) is 41.9 Å². The molecule has 4 nitrogen and oxygen atoms in total. The number of hydrogen-bond donors (Lipinski definition) is 0. The predicted octanol–water partition coefficient (Wildman–Crippen LogP) is 4.12. The Morgan fingerprint density at radius 1 is 1.30 bits per heavy atom. The number of carbonyl (C=O) groups excluding carboxylic acids is 1. The van der Waals surface area contributed by atoms with Gasteiger partial charge in [-0.15, -0.1) is 0 Å². The van der Waals surface area contributed by atoms with Gasteiger partial charge in [0.1, 0.15) is 5.60 Å². The van der Waals surface area contributed by atoms with Gasteiger partial charge in [-0.3, -0.25) is 0 Å². The van der Waals surface area contributed by atoms with E-state index in [2.05, 4.69) is 12.1 Å². The first-order valence-corrected chi connectivity index (χ1v) is 8.11. The van der Waals surface area contributed by atoms with Gasteiger partial charge in [-0.2, -0.15) is 0 Å². The van der Waals surface area contributed by atoms with Gasteiger partial charge >= 0.3 is 6.09 Å². The summed E-state index contributed by atoms with van der Waals surface area (Å²) in [6.07, 6.45) is 4.62. The largest absolute Gasteiger partial charge is 0.444 e. The second-order valence-corrected chi connectivity index (χ2v) is 7.23. The van der Waals surface area contributed by atoms with E-state index < -0.39 is 5.60 Å². The molecular weight excluding hydrogens is 290 g/mol. The first-order valence-electron chi connectivity index (χ1n) is 8.11. The summed E-state index contributed by atoms with van der Waals surface area (Å²) in [5.74, 6) is 0. The van der Waals surface area contributed by atoms with Crippen LogP contribution in [0.2, 0.25) is 0 Å². The lowest BCUT2D eigenvalue weighted by atomic mass is 10.1. The zero-order chi connectivity index (χ0) is 16.9. The lowest BCUT2D eigenvalue weighted by molar-refractivity contribution is -0.0137. The molecule has 2 rings (SSSR count). The van der Waals surface area contributed by atoms with E-state index in [-0.39, 0.29) is 11.7 Å². The molecule has 1 fully saturated rings. The van der Waals surface area contributed by atoms with Crippen LogP contribution in [0.15, 0.2) is 36.4 Å². The van der Waals surface area contributed by atoms with E-state index in [4.69, 9.17) is 9.47 Å². The summed E-state index contributed by atoms with van der Waals surface area (Å²) in [5, 5.41) is 0. The molecule has 0 saturated carbocycles. The van der Waals surface area contributed by atoms with Gasteiger partial charge in [-0.25, -0.2) is 4.79 Å². The van der Waals surface area contributed by atoms with Crippen LogP contribution in [0.5, 0.6) is 0 Å². The van der Waals surface area contributed by atoms with E-state index in [1.807, 2.05) is 58.0 Å². The summed E-state index contributed by atoms with van der Waals surface area (Å²) in [7, 11) is 0. The molecule has 1 unspecified atom stereocenters. The van der Waals surface area contributed by atoms with Crippen LogP contribution in [0.25, 0.3) is 6.08 Å². The molecule has 0 spiro atoms. The molecule has 1 heterocycles. The summed E-state index contributed by atoms with van der Waals surface area (Å²) < 4.78 is 11.4. The fourth-order valence-electron chi connectivity index (χ4n) is 2.53. The first kappa shape index (κ1) is 17.5. The number of carbonyl (C=O) groups is 1. The molecule has 1 aromatic carbocycles. The third-order valence-electron chi connectivity index (χ3n) is 3.73. The summed E-state index contributed by atoms with van der Waals surface area (Å²) in [4.78, 5) is 13.8. The summed E-state index contributed by atoms with van der Waals surface area (Å²) in [6.45, 7) is 9.47. The van der Waals surface area contributed by atoms with Crippen molar-refractivity contribution in [1.29, 1.82) is 0 Å². The Hall–Kier alpha value is -1.81. The molecule has 0 radical (unpaired) electrons. The maximum atomic E-state index is 12.1. The normalized spacial score (nSPS) is 21.8. The zero-order valence-corrected chi connectivity index (χ0v) is 14.5. The Bertz CT molecular complexity index is 547. The van der Waals surface area contributed by atoms with Gasteiger partial charge in [0.05, 0.1) is 18.8 Å². The van der Waals surface area contributed by atoms with Gasteiger partial charge in [0.25, 0.3) is 0 Å². The van der Waals surface area contributed by atoms with Crippen LogP contribution in [0.4, 0.5) is 4.79 Å². The van der Waals surface area contributed by atoms with Gasteiger partial charge in [0.2, 0.25) is 0 Å². The fraction of sp³-hybridized carbons (Fsp3) is 0.526. The lowest BCUT2D eigenvalue weighted by Crippen LogP contribution is -2.39. The van der Waals surface area contributed by atoms with Crippen molar-refractivity contribution in [2.75, 3.05) is 19.7 Å². The number of rotatable bonds is 4.